The summed E-state index contributed by atoms with van der Waals surface area (Å²) in [5.74, 6) is 0.0308. The molecule has 11 heteroatoms. The third-order valence-electron chi connectivity index (χ3n) is 4.39. The predicted octanol–water partition coefficient (Wildman–Crippen LogP) is 2.10. The minimum absolute atomic E-state index is 0.0856. The Labute approximate surface area is 172 Å². The highest BCUT2D eigenvalue weighted by Crippen LogP contribution is 2.28. The van der Waals surface area contributed by atoms with Crippen LogP contribution in [0.5, 0.6) is 11.8 Å². The van der Waals surface area contributed by atoms with Crippen LogP contribution in [-0.2, 0) is 16.1 Å². The van der Waals surface area contributed by atoms with Gasteiger partial charge in [-0.15, -0.1) is 0 Å². The van der Waals surface area contributed by atoms with Crippen molar-refractivity contribution in [1.82, 2.24) is 19.9 Å². The zero-order valence-corrected chi connectivity index (χ0v) is 17.4. The maximum atomic E-state index is 14.1. The number of anilines is 1. The number of halogens is 1. The molecule has 1 aliphatic heterocycles. The van der Waals surface area contributed by atoms with Crippen molar-refractivity contribution in [3.8, 4) is 11.8 Å². The molecule has 1 saturated heterocycles. The van der Waals surface area contributed by atoms with Gasteiger partial charge in [-0.05, 0) is 6.92 Å². The average molecular weight is 425 g/mol. The van der Waals surface area contributed by atoms with Crippen LogP contribution in [0.3, 0.4) is 0 Å². The molecule has 0 saturated carbocycles. The number of aromatic nitrogens is 3. The van der Waals surface area contributed by atoms with Crippen LogP contribution in [0.15, 0.2) is 12.4 Å². The van der Waals surface area contributed by atoms with Gasteiger partial charge in [0.2, 0.25) is 23.6 Å². The number of amides is 1. The maximum Gasteiger partial charge on any atom is 0.230 e. The number of hydrogen-bond donors (Lipinski definition) is 1. The van der Waals surface area contributed by atoms with Crippen molar-refractivity contribution in [2.45, 2.75) is 39.0 Å². The van der Waals surface area contributed by atoms with E-state index in [0.29, 0.717) is 42.9 Å². The maximum absolute atomic E-state index is 14.1. The van der Waals surface area contributed by atoms with E-state index in [1.165, 1.54) is 13.3 Å². The summed E-state index contributed by atoms with van der Waals surface area (Å²) in [4.78, 5) is 25.7. The molecule has 1 aliphatic rings. The number of nitrogens with one attached hydrogen (secondary N) is 1. The zero-order chi connectivity index (χ0) is 20.8. The summed E-state index contributed by atoms with van der Waals surface area (Å²) in [6.07, 6.45) is 2.09. The van der Waals surface area contributed by atoms with Gasteiger partial charge in [-0.25, -0.2) is 9.97 Å². The molecule has 1 fully saturated rings. The van der Waals surface area contributed by atoms with Crippen LogP contribution >= 0.6 is 11.3 Å². The lowest BCUT2D eigenvalue weighted by molar-refractivity contribution is -0.114. The van der Waals surface area contributed by atoms with E-state index in [1.807, 2.05) is 0 Å². The fourth-order valence-corrected chi connectivity index (χ4v) is 3.95. The summed E-state index contributed by atoms with van der Waals surface area (Å²) >= 11 is 1.15. The Morgan fingerprint density at radius 2 is 2.17 bits per heavy atom. The van der Waals surface area contributed by atoms with Gasteiger partial charge in [0.1, 0.15) is 19.0 Å². The first-order valence-corrected chi connectivity index (χ1v) is 10.0. The van der Waals surface area contributed by atoms with E-state index in [-0.39, 0.29) is 23.2 Å². The van der Waals surface area contributed by atoms with Gasteiger partial charge in [0.15, 0.2) is 5.13 Å². The molecule has 9 nitrogen and oxygen atoms in total. The molecule has 3 rings (SSSR count). The van der Waals surface area contributed by atoms with Crippen molar-refractivity contribution < 1.29 is 23.4 Å². The molecule has 0 aliphatic carbocycles. The third-order valence-corrected chi connectivity index (χ3v) is 5.32. The van der Waals surface area contributed by atoms with Gasteiger partial charge >= 0.3 is 0 Å². The van der Waals surface area contributed by atoms with Crippen LogP contribution in [0, 0.1) is 5.95 Å². The average Bonchev–Trinajstić information content (AvgIpc) is 3.17. The minimum Gasteiger partial charge on any atom is -0.475 e. The molecule has 2 unspecified atom stereocenters. The highest BCUT2D eigenvalue weighted by molar-refractivity contribution is 7.15. The molecule has 0 bridgehead atoms. The first-order valence-electron chi connectivity index (χ1n) is 9.22. The van der Waals surface area contributed by atoms with E-state index < -0.39 is 5.95 Å². The van der Waals surface area contributed by atoms with Crippen LogP contribution in [0.1, 0.15) is 25.1 Å². The fourth-order valence-electron chi connectivity index (χ4n) is 3.04. The number of nitrogens with zero attached hydrogens (tertiary/aromatic N) is 4. The number of rotatable bonds is 9. The largest absolute Gasteiger partial charge is 0.475 e. The van der Waals surface area contributed by atoms with Crippen LogP contribution in [0.2, 0.25) is 0 Å². The van der Waals surface area contributed by atoms with Crippen molar-refractivity contribution in [2.75, 3.05) is 32.2 Å². The zero-order valence-electron chi connectivity index (χ0n) is 16.6. The molecule has 29 heavy (non-hydrogen) atoms. The van der Waals surface area contributed by atoms with Crippen LogP contribution in [-0.4, -0.2) is 64.8 Å². The van der Waals surface area contributed by atoms with Gasteiger partial charge in [0.05, 0.1) is 17.6 Å². The first-order chi connectivity index (χ1) is 13.9. The lowest BCUT2D eigenvalue weighted by Crippen LogP contribution is -2.28. The van der Waals surface area contributed by atoms with Gasteiger partial charge in [0.25, 0.3) is 0 Å². The summed E-state index contributed by atoms with van der Waals surface area (Å²) in [5.41, 5.74) is 0. The molecule has 0 spiro atoms. The topological polar surface area (TPSA) is 98.7 Å². The second-order valence-corrected chi connectivity index (χ2v) is 7.79. The number of carbonyl (C=O) groups is 1. The van der Waals surface area contributed by atoms with Gasteiger partial charge in [-0.2, -0.15) is 9.37 Å². The van der Waals surface area contributed by atoms with Gasteiger partial charge in [0, 0.05) is 39.6 Å². The number of methoxy groups -OCH3 is 1. The third kappa shape index (κ3) is 6.05. The number of hydrogen-bond acceptors (Lipinski definition) is 9. The number of ether oxygens (including phenoxy) is 3. The summed E-state index contributed by atoms with van der Waals surface area (Å²) in [7, 11) is 1.60. The smallest absolute Gasteiger partial charge is 0.230 e. The quantitative estimate of drug-likeness (QED) is 0.610. The monoisotopic (exact) mass is 425 g/mol. The number of carbonyl (C=O) groups excluding carboxylic acids is 1. The SMILES string of the molecule is COCCOc1cc(OC2CC(C)N(Cc3sc(NC(C)=O)nc3F)C2)ncn1. The molecule has 1 amide bonds. The molecule has 158 valence electrons. The Hall–Kier alpha value is -2.37. The summed E-state index contributed by atoms with van der Waals surface area (Å²) < 4.78 is 30.5. The number of likely N-dealkylation sites (tertiary alicyclic amines) is 1. The van der Waals surface area contributed by atoms with Crippen molar-refractivity contribution in [2.24, 2.45) is 0 Å². The van der Waals surface area contributed by atoms with Crippen molar-refractivity contribution >= 4 is 22.4 Å². The standard InChI is InChI=1S/C18H24FN5O4S/c1-11-6-13(28-16-7-15(20-10-21-16)27-5-4-26-3)8-24(11)9-14-17(19)23-18(29-14)22-12(2)25/h7,10-11,13H,4-6,8-9H2,1-3H3,(H,22,23,25). The molecule has 3 heterocycles. The number of thiazole rings is 1. The Morgan fingerprint density at radius 1 is 1.38 bits per heavy atom. The Balaban J connectivity index is 1.56. The Kier molecular flexibility index (Phi) is 7.29. The van der Waals surface area contributed by atoms with Gasteiger partial charge in [-0.3, -0.25) is 9.69 Å². The molecular formula is C18H24FN5O4S. The van der Waals surface area contributed by atoms with E-state index in [1.54, 1.807) is 13.2 Å². The first kappa shape index (κ1) is 21.3. The van der Waals surface area contributed by atoms with E-state index in [2.05, 4.69) is 32.1 Å². The molecular weight excluding hydrogens is 401 g/mol. The van der Waals surface area contributed by atoms with E-state index in [9.17, 15) is 9.18 Å². The van der Waals surface area contributed by atoms with E-state index in [0.717, 1.165) is 17.8 Å². The predicted molar refractivity (Wildman–Crippen MR) is 105 cm³/mol. The molecule has 0 radical (unpaired) electrons. The van der Waals surface area contributed by atoms with Crippen LogP contribution < -0.4 is 14.8 Å². The molecule has 0 aromatic carbocycles. The van der Waals surface area contributed by atoms with Gasteiger partial charge in [-0.1, -0.05) is 11.3 Å². The lowest BCUT2D eigenvalue weighted by atomic mass is 10.2. The summed E-state index contributed by atoms with van der Waals surface area (Å²) in [6.45, 7) is 5.31. The highest BCUT2D eigenvalue weighted by Gasteiger charge is 2.32. The molecule has 2 aromatic heterocycles. The van der Waals surface area contributed by atoms with E-state index in [4.69, 9.17) is 14.2 Å². The van der Waals surface area contributed by atoms with Crippen molar-refractivity contribution in [3.63, 3.8) is 0 Å². The fraction of sp³-hybridized carbons (Fsp3) is 0.556. The Bertz CT molecular complexity index is 836. The molecule has 1 N–H and O–H groups in total. The summed E-state index contributed by atoms with van der Waals surface area (Å²) in [5, 5.41) is 2.79. The van der Waals surface area contributed by atoms with Crippen molar-refractivity contribution in [1.29, 1.82) is 0 Å². The van der Waals surface area contributed by atoms with Crippen LogP contribution in [0.4, 0.5) is 9.52 Å². The molecule has 2 atom stereocenters. The van der Waals surface area contributed by atoms with E-state index >= 15 is 0 Å². The Morgan fingerprint density at radius 3 is 2.93 bits per heavy atom. The molecule has 2 aromatic rings. The summed E-state index contributed by atoms with van der Waals surface area (Å²) in [6, 6.07) is 1.84. The van der Waals surface area contributed by atoms with Crippen LogP contribution in [0.25, 0.3) is 0 Å². The lowest BCUT2D eigenvalue weighted by Gasteiger charge is -2.19. The second kappa shape index (κ2) is 9.90. The van der Waals surface area contributed by atoms with Gasteiger partial charge < -0.3 is 19.5 Å². The minimum atomic E-state index is -0.552. The normalized spacial score (nSPS) is 19.3. The van der Waals surface area contributed by atoms with Crippen molar-refractivity contribution in [3.05, 3.63) is 23.2 Å². The second-order valence-electron chi connectivity index (χ2n) is 6.70. The highest BCUT2D eigenvalue weighted by atomic mass is 32.1.